The lowest BCUT2D eigenvalue weighted by atomic mass is 10.0. The van der Waals surface area contributed by atoms with Crippen molar-refractivity contribution >= 4 is 34.4 Å². The van der Waals surface area contributed by atoms with Crippen molar-refractivity contribution in [2.24, 2.45) is 0 Å². The summed E-state index contributed by atoms with van der Waals surface area (Å²) < 4.78 is 5.31. The average Bonchev–Trinajstić information content (AvgIpc) is 2.94. The minimum Gasteiger partial charge on any atom is -0.508 e. The zero-order chi connectivity index (χ0) is 30.7. The van der Waals surface area contributed by atoms with Crippen LogP contribution in [0.3, 0.4) is 0 Å². The summed E-state index contributed by atoms with van der Waals surface area (Å²) in [5.74, 6) is -1.07. The Morgan fingerprint density at radius 3 is 2.21 bits per heavy atom. The molecular weight excluding hydrogens is 534 g/mol. The Morgan fingerprint density at radius 2 is 1.57 bits per heavy atom. The molecule has 2 atom stereocenters. The van der Waals surface area contributed by atoms with Crippen LogP contribution < -0.4 is 10.6 Å². The van der Waals surface area contributed by atoms with Gasteiger partial charge in [-0.1, -0.05) is 75.1 Å². The Balaban J connectivity index is 1.97. The molecule has 0 aliphatic carbocycles. The molecule has 3 aromatic carbocycles. The predicted octanol–water partition coefficient (Wildman–Crippen LogP) is 5.91. The van der Waals surface area contributed by atoms with Gasteiger partial charge >= 0.3 is 6.09 Å². The SMILES string of the molecule is CCCCCCCN(C(=O)C(CO)NC(=O)OC(C)(C)C)C(C(=O)Nc1ccc2ccccc2c1)c1ccc(O)cc1. The molecule has 0 bridgehead atoms. The Morgan fingerprint density at radius 1 is 0.905 bits per heavy atom. The summed E-state index contributed by atoms with van der Waals surface area (Å²) >= 11 is 0. The largest absolute Gasteiger partial charge is 0.508 e. The minimum absolute atomic E-state index is 0.0182. The van der Waals surface area contributed by atoms with Crippen LogP contribution in [0.2, 0.25) is 0 Å². The van der Waals surface area contributed by atoms with E-state index in [1.807, 2.05) is 36.4 Å². The summed E-state index contributed by atoms with van der Waals surface area (Å²) in [5, 5.41) is 27.5. The lowest BCUT2D eigenvalue weighted by Crippen LogP contribution is -2.54. The van der Waals surface area contributed by atoms with Gasteiger partial charge in [0.25, 0.3) is 5.91 Å². The molecule has 226 valence electrons. The number of carbonyl (C=O) groups excluding carboxylic acids is 3. The van der Waals surface area contributed by atoms with Gasteiger partial charge in [-0.2, -0.15) is 0 Å². The fraction of sp³-hybridized carbons (Fsp3) is 0.424. The van der Waals surface area contributed by atoms with Crippen molar-refractivity contribution in [2.75, 3.05) is 18.5 Å². The van der Waals surface area contributed by atoms with Crippen LogP contribution in [-0.2, 0) is 14.3 Å². The average molecular weight is 578 g/mol. The molecular formula is C33H43N3O6. The van der Waals surface area contributed by atoms with Crippen molar-refractivity contribution < 1.29 is 29.3 Å². The maximum atomic E-state index is 14.0. The summed E-state index contributed by atoms with van der Waals surface area (Å²) in [5.41, 5.74) is 0.228. The van der Waals surface area contributed by atoms with Crippen LogP contribution in [0.15, 0.2) is 66.7 Å². The summed E-state index contributed by atoms with van der Waals surface area (Å²) in [6, 6.07) is 17.0. The molecule has 9 heteroatoms. The number of alkyl carbamates (subject to hydrolysis) is 1. The van der Waals surface area contributed by atoms with E-state index in [1.54, 1.807) is 39.0 Å². The molecule has 9 nitrogen and oxygen atoms in total. The van der Waals surface area contributed by atoms with E-state index in [-0.39, 0.29) is 12.3 Å². The molecule has 0 aromatic heterocycles. The number of nitrogens with zero attached hydrogens (tertiary/aromatic N) is 1. The molecule has 2 unspecified atom stereocenters. The quantitative estimate of drug-likeness (QED) is 0.187. The lowest BCUT2D eigenvalue weighted by molar-refractivity contribution is -0.141. The lowest BCUT2D eigenvalue weighted by Gasteiger charge is -2.34. The monoisotopic (exact) mass is 577 g/mol. The van der Waals surface area contributed by atoms with Crippen molar-refractivity contribution in [1.29, 1.82) is 0 Å². The number of nitrogens with one attached hydrogen (secondary N) is 2. The number of aromatic hydroxyl groups is 1. The Labute approximate surface area is 247 Å². The third-order valence-corrected chi connectivity index (χ3v) is 6.74. The Bertz CT molecular complexity index is 1340. The molecule has 4 N–H and O–H groups in total. The number of benzene rings is 3. The summed E-state index contributed by atoms with van der Waals surface area (Å²) in [6.07, 6.45) is 3.70. The number of hydrogen-bond donors (Lipinski definition) is 4. The molecule has 0 heterocycles. The number of phenolic OH excluding ortho intramolecular Hbond substituents is 1. The molecule has 0 fully saturated rings. The van der Waals surface area contributed by atoms with Gasteiger partial charge in [0.1, 0.15) is 23.4 Å². The fourth-order valence-electron chi connectivity index (χ4n) is 4.69. The zero-order valence-corrected chi connectivity index (χ0v) is 24.9. The summed E-state index contributed by atoms with van der Waals surface area (Å²) in [4.78, 5) is 41.9. The van der Waals surface area contributed by atoms with E-state index < -0.39 is 42.2 Å². The number of hydrogen-bond acceptors (Lipinski definition) is 6. The fourth-order valence-corrected chi connectivity index (χ4v) is 4.69. The Kier molecular flexibility index (Phi) is 11.7. The maximum absolute atomic E-state index is 14.0. The minimum atomic E-state index is -1.33. The van der Waals surface area contributed by atoms with E-state index in [0.717, 1.165) is 36.5 Å². The van der Waals surface area contributed by atoms with Crippen molar-refractivity contribution in [3.63, 3.8) is 0 Å². The van der Waals surface area contributed by atoms with E-state index in [0.29, 0.717) is 17.7 Å². The molecule has 0 aliphatic heterocycles. The van der Waals surface area contributed by atoms with Crippen LogP contribution in [0, 0.1) is 0 Å². The van der Waals surface area contributed by atoms with Gasteiger partial charge < -0.3 is 30.5 Å². The first kappa shape index (κ1) is 32.4. The maximum Gasteiger partial charge on any atom is 0.408 e. The first-order valence-electron chi connectivity index (χ1n) is 14.5. The molecule has 0 saturated heterocycles. The van der Waals surface area contributed by atoms with E-state index in [4.69, 9.17) is 4.74 Å². The number of fused-ring (bicyclic) bond motifs is 1. The van der Waals surface area contributed by atoms with Crippen LogP contribution >= 0.6 is 0 Å². The van der Waals surface area contributed by atoms with Gasteiger partial charge in [-0.25, -0.2) is 4.79 Å². The van der Waals surface area contributed by atoms with E-state index in [9.17, 15) is 24.6 Å². The van der Waals surface area contributed by atoms with Crippen LogP contribution in [0.25, 0.3) is 10.8 Å². The summed E-state index contributed by atoms with van der Waals surface area (Å²) in [6.45, 7) is 6.74. The highest BCUT2D eigenvalue weighted by Crippen LogP contribution is 2.28. The number of unbranched alkanes of at least 4 members (excludes halogenated alkanes) is 4. The van der Waals surface area contributed by atoms with Crippen molar-refractivity contribution in [3.8, 4) is 5.75 Å². The number of anilines is 1. The van der Waals surface area contributed by atoms with Gasteiger partial charge in [-0.3, -0.25) is 9.59 Å². The molecule has 3 aromatic rings. The second-order valence-corrected chi connectivity index (χ2v) is 11.4. The molecule has 3 amide bonds. The normalized spacial score (nSPS) is 12.8. The van der Waals surface area contributed by atoms with Gasteiger partial charge in [-0.15, -0.1) is 0 Å². The third kappa shape index (κ3) is 9.48. The van der Waals surface area contributed by atoms with E-state index in [1.165, 1.54) is 17.0 Å². The van der Waals surface area contributed by atoms with Gasteiger partial charge in [0.2, 0.25) is 5.91 Å². The number of phenols is 1. The first-order chi connectivity index (χ1) is 20.0. The van der Waals surface area contributed by atoms with Crippen LogP contribution in [0.1, 0.15) is 71.4 Å². The van der Waals surface area contributed by atoms with E-state index in [2.05, 4.69) is 17.6 Å². The van der Waals surface area contributed by atoms with Crippen molar-refractivity contribution in [3.05, 3.63) is 72.3 Å². The van der Waals surface area contributed by atoms with Crippen molar-refractivity contribution in [2.45, 2.75) is 77.5 Å². The molecule has 0 radical (unpaired) electrons. The van der Waals surface area contributed by atoms with Crippen LogP contribution in [0.5, 0.6) is 5.75 Å². The standard InChI is InChI=1S/C33H43N3O6/c1-5-6-7-8-11-20-36(31(40)28(22-37)35-32(41)42-33(2,3)4)29(24-15-18-27(38)19-16-24)30(39)34-26-17-14-23-12-9-10-13-25(23)21-26/h9-10,12-19,21,28-29,37-38H,5-8,11,20,22H2,1-4H3,(H,34,39)(H,35,41). The predicted molar refractivity (Wildman–Crippen MR) is 164 cm³/mol. The molecule has 0 aliphatic rings. The van der Waals surface area contributed by atoms with Crippen molar-refractivity contribution in [1.82, 2.24) is 10.2 Å². The number of amides is 3. The number of ether oxygens (including phenoxy) is 1. The first-order valence-corrected chi connectivity index (χ1v) is 14.5. The molecule has 0 saturated carbocycles. The zero-order valence-electron chi connectivity index (χ0n) is 24.9. The molecule has 3 rings (SSSR count). The van der Waals surface area contributed by atoms with E-state index >= 15 is 0 Å². The highest BCUT2D eigenvalue weighted by molar-refractivity contribution is 6.00. The number of aliphatic hydroxyl groups excluding tert-OH is 1. The van der Waals surface area contributed by atoms with Gasteiger partial charge in [-0.05, 0) is 67.8 Å². The summed E-state index contributed by atoms with van der Waals surface area (Å²) in [7, 11) is 0. The molecule has 42 heavy (non-hydrogen) atoms. The Hall–Kier alpha value is -4.11. The third-order valence-electron chi connectivity index (χ3n) is 6.74. The van der Waals surface area contributed by atoms with Gasteiger partial charge in [0, 0.05) is 12.2 Å². The number of aliphatic hydroxyl groups is 1. The number of carbonyl (C=O) groups is 3. The molecule has 0 spiro atoms. The topological polar surface area (TPSA) is 128 Å². The highest BCUT2D eigenvalue weighted by atomic mass is 16.6. The second kappa shape index (κ2) is 15.2. The number of rotatable bonds is 13. The highest BCUT2D eigenvalue weighted by Gasteiger charge is 2.36. The van der Waals surface area contributed by atoms with Crippen LogP contribution in [0.4, 0.5) is 10.5 Å². The smallest absolute Gasteiger partial charge is 0.408 e. The van der Waals surface area contributed by atoms with Gasteiger partial charge in [0.15, 0.2) is 0 Å². The van der Waals surface area contributed by atoms with Gasteiger partial charge in [0.05, 0.1) is 6.61 Å². The second-order valence-electron chi connectivity index (χ2n) is 11.4. The van der Waals surface area contributed by atoms with Crippen LogP contribution in [-0.4, -0.2) is 57.8 Å².